The average Bonchev–Trinajstić information content (AvgIpc) is 2.56. The molecule has 0 radical (unpaired) electrons. The maximum absolute atomic E-state index is 11.0. The molecule has 1 aliphatic rings. The van der Waals surface area contributed by atoms with Gasteiger partial charge in [0.05, 0.1) is 0 Å². The Bertz CT molecular complexity index is 536. The predicted molar refractivity (Wildman–Crippen MR) is 72.5 cm³/mol. The van der Waals surface area contributed by atoms with Gasteiger partial charge in [-0.3, -0.25) is 0 Å². The smallest absolute Gasteiger partial charge is 0.335 e. The molecule has 0 aromatic rings. The van der Waals surface area contributed by atoms with Crippen molar-refractivity contribution in [2.45, 2.75) is 55.1 Å². The second-order valence-electron chi connectivity index (χ2n) is 5.39. The van der Waals surface area contributed by atoms with E-state index in [2.05, 4.69) is 4.74 Å². The average molecular weight is 386 g/mol. The third kappa shape index (κ3) is 4.63. The zero-order chi connectivity index (χ0) is 20.3. The van der Waals surface area contributed by atoms with E-state index in [1.54, 1.807) is 0 Å². The van der Waals surface area contributed by atoms with Crippen LogP contribution in [0, 0.1) is 0 Å². The number of ether oxygens (including phenoxy) is 2. The summed E-state index contributed by atoms with van der Waals surface area (Å²) in [6.45, 7) is 0. The minimum Gasteiger partial charge on any atom is -0.479 e. The van der Waals surface area contributed by atoms with Crippen molar-refractivity contribution in [3.05, 3.63) is 0 Å². The lowest BCUT2D eigenvalue weighted by atomic mass is 9.98. The molecule has 1 heterocycles. The van der Waals surface area contributed by atoms with Gasteiger partial charge in [-0.05, 0) is 0 Å². The summed E-state index contributed by atoms with van der Waals surface area (Å²) in [5.74, 6) is -5.82. The monoisotopic (exact) mass is 386 g/mol. The lowest BCUT2D eigenvalue weighted by Gasteiger charge is -2.40. The Morgan fingerprint density at radius 2 is 1.31 bits per heavy atom. The van der Waals surface area contributed by atoms with Gasteiger partial charge < -0.3 is 55.4 Å². The molecule has 26 heavy (non-hydrogen) atoms. The van der Waals surface area contributed by atoms with E-state index in [9.17, 15) is 45.0 Å². The van der Waals surface area contributed by atoms with Gasteiger partial charge in [0.2, 0.25) is 0 Å². The molecule has 14 nitrogen and oxygen atoms in total. The van der Waals surface area contributed by atoms with E-state index in [1.165, 1.54) is 0 Å². The SMILES string of the molecule is O=C(O)[C@H]1O[C@H](O[C@@H]([C@@H](O)[C@@H](O)C(=O)O)[C@@H](O)C(=O)O)[C@@H](O)[C@H](O)[C@@H]1O. The van der Waals surface area contributed by atoms with Crippen LogP contribution in [-0.4, -0.2) is 119 Å². The van der Waals surface area contributed by atoms with Crippen molar-refractivity contribution in [1.29, 1.82) is 0 Å². The third-order valence-corrected chi connectivity index (χ3v) is 3.58. The molecule has 9 N–H and O–H groups in total. The summed E-state index contributed by atoms with van der Waals surface area (Å²) in [5, 5.41) is 83.8. The molecular formula is C12H18O14. The Morgan fingerprint density at radius 1 is 0.808 bits per heavy atom. The lowest BCUT2D eigenvalue weighted by molar-refractivity contribution is -0.318. The molecule has 150 valence electrons. The Balaban J connectivity index is 3.10. The summed E-state index contributed by atoms with van der Waals surface area (Å²) in [5.41, 5.74) is 0. The number of aliphatic carboxylic acids is 3. The zero-order valence-electron chi connectivity index (χ0n) is 12.8. The third-order valence-electron chi connectivity index (χ3n) is 3.58. The summed E-state index contributed by atoms with van der Waals surface area (Å²) in [4.78, 5) is 32.6. The fraction of sp³-hybridized carbons (Fsp3) is 0.750. The summed E-state index contributed by atoms with van der Waals surface area (Å²) in [6.07, 6.45) is -21.0. The first-order chi connectivity index (χ1) is 11.9. The van der Waals surface area contributed by atoms with Crippen molar-refractivity contribution in [2.24, 2.45) is 0 Å². The van der Waals surface area contributed by atoms with Crippen LogP contribution in [0.3, 0.4) is 0 Å². The zero-order valence-corrected chi connectivity index (χ0v) is 12.8. The molecule has 0 bridgehead atoms. The minimum absolute atomic E-state index is 1.79. The van der Waals surface area contributed by atoms with Crippen molar-refractivity contribution < 1.29 is 69.8 Å². The molecule has 0 amide bonds. The first-order valence-electron chi connectivity index (χ1n) is 6.97. The van der Waals surface area contributed by atoms with Crippen molar-refractivity contribution in [3.63, 3.8) is 0 Å². The number of hydrogen-bond acceptors (Lipinski definition) is 11. The van der Waals surface area contributed by atoms with Gasteiger partial charge in [-0.25, -0.2) is 14.4 Å². The van der Waals surface area contributed by atoms with Crippen molar-refractivity contribution in [1.82, 2.24) is 0 Å². The molecule has 0 unspecified atom stereocenters. The molecule has 0 aromatic heterocycles. The van der Waals surface area contributed by atoms with Crippen molar-refractivity contribution >= 4 is 17.9 Å². The highest BCUT2D eigenvalue weighted by molar-refractivity contribution is 5.75. The highest BCUT2D eigenvalue weighted by atomic mass is 16.7. The van der Waals surface area contributed by atoms with Crippen LogP contribution >= 0.6 is 0 Å². The van der Waals surface area contributed by atoms with Gasteiger partial charge in [-0.15, -0.1) is 0 Å². The van der Waals surface area contributed by atoms with E-state index in [0.29, 0.717) is 0 Å². The lowest BCUT2D eigenvalue weighted by Crippen LogP contribution is -2.62. The van der Waals surface area contributed by atoms with Gasteiger partial charge in [0.1, 0.15) is 30.5 Å². The van der Waals surface area contributed by atoms with Gasteiger partial charge in [0, 0.05) is 0 Å². The van der Waals surface area contributed by atoms with Crippen LogP contribution in [0.2, 0.25) is 0 Å². The number of aliphatic hydroxyl groups is 6. The van der Waals surface area contributed by atoms with E-state index in [-0.39, 0.29) is 0 Å². The fourth-order valence-corrected chi connectivity index (χ4v) is 2.13. The number of carboxylic acid groups (broad SMARTS) is 3. The van der Waals surface area contributed by atoms with E-state index < -0.39 is 73.0 Å². The van der Waals surface area contributed by atoms with Crippen LogP contribution in [0.15, 0.2) is 0 Å². The standard InChI is InChI=1S/C12H18O14/c13-1-2(14)8(11(23)24)26-12(5(1)17)25-7(6(18)10(21)22)3(15)4(16)9(19)20/h1-8,12-18H,(H,19,20)(H,21,22)(H,23,24)/t1-,2+,3+,4-,5+,6-,7+,8+,12+/m1/s1. The number of carboxylic acids is 3. The van der Waals surface area contributed by atoms with Crippen LogP contribution < -0.4 is 0 Å². The highest BCUT2D eigenvalue weighted by Gasteiger charge is 2.50. The topological polar surface area (TPSA) is 252 Å². The normalized spacial score (nSPS) is 33.7. The summed E-state index contributed by atoms with van der Waals surface area (Å²) in [6, 6.07) is 0. The van der Waals surface area contributed by atoms with Crippen LogP contribution in [0.4, 0.5) is 0 Å². The Labute approximate surface area is 144 Å². The molecule has 14 heteroatoms. The van der Waals surface area contributed by atoms with Gasteiger partial charge in [0.25, 0.3) is 0 Å². The maximum Gasteiger partial charge on any atom is 0.335 e. The fourth-order valence-electron chi connectivity index (χ4n) is 2.13. The molecule has 0 saturated carbocycles. The predicted octanol–water partition coefficient (Wildman–Crippen LogP) is -5.48. The molecular weight excluding hydrogens is 368 g/mol. The molecule has 1 rings (SSSR count). The summed E-state index contributed by atoms with van der Waals surface area (Å²) in [7, 11) is 0. The van der Waals surface area contributed by atoms with E-state index >= 15 is 0 Å². The number of carbonyl (C=O) groups is 3. The van der Waals surface area contributed by atoms with E-state index in [1.807, 2.05) is 0 Å². The minimum atomic E-state index is -2.64. The number of rotatable bonds is 8. The van der Waals surface area contributed by atoms with Crippen molar-refractivity contribution in [2.75, 3.05) is 0 Å². The summed E-state index contributed by atoms with van der Waals surface area (Å²) >= 11 is 0. The first-order valence-corrected chi connectivity index (χ1v) is 6.97. The maximum atomic E-state index is 11.0. The second-order valence-corrected chi connectivity index (χ2v) is 5.39. The van der Waals surface area contributed by atoms with Crippen LogP contribution in [0.25, 0.3) is 0 Å². The first kappa shape index (κ1) is 22.1. The van der Waals surface area contributed by atoms with E-state index in [4.69, 9.17) is 20.1 Å². The van der Waals surface area contributed by atoms with Gasteiger partial charge in [-0.1, -0.05) is 0 Å². The molecule has 0 spiro atoms. The Kier molecular flexibility index (Phi) is 7.36. The Hall–Kier alpha value is -1.91. The quantitative estimate of drug-likeness (QED) is 0.189. The molecule has 1 saturated heterocycles. The van der Waals surface area contributed by atoms with Gasteiger partial charge in [0.15, 0.2) is 24.6 Å². The van der Waals surface area contributed by atoms with Gasteiger partial charge >= 0.3 is 17.9 Å². The van der Waals surface area contributed by atoms with Crippen LogP contribution in [0.5, 0.6) is 0 Å². The second kappa shape index (κ2) is 8.65. The molecule has 1 fully saturated rings. The van der Waals surface area contributed by atoms with Crippen LogP contribution in [0.1, 0.15) is 0 Å². The van der Waals surface area contributed by atoms with Crippen LogP contribution in [-0.2, 0) is 23.9 Å². The highest BCUT2D eigenvalue weighted by Crippen LogP contribution is 2.25. The molecule has 1 aliphatic heterocycles. The number of hydrogen-bond donors (Lipinski definition) is 9. The van der Waals surface area contributed by atoms with Gasteiger partial charge in [-0.2, -0.15) is 0 Å². The molecule has 0 aliphatic carbocycles. The van der Waals surface area contributed by atoms with E-state index in [0.717, 1.165) is 0 Å². The summed E-state index contributed by atoms with van der Waals surface area (Å²) < 4.78 is 9.42. The largest absolute Gasteiger partial charge is 0.479 e. The number of aliphatic hydroxyl groups excluding tert-OH is 6. The van der Waals surface area contributed by atoms with Crippen molar-refractivity contribution in [3.8, 4) is 0 Å². The molecule has 0 aromatic carbocycles. The Morgan fingerprint density at radius 3 is 1.73 bits per heavy atom. The molecule has 9 atom stereocenters.